The minimum absolute atomic E-state index is 0.178. The zero-order valence-electron chi connectivity index (χ0n) is 6.53. The summed E-state index contributed by atoms with van der Waals surface area (Å²) < 4.78 is 0. The van der Waals surface area contributed by atoms with Gasteiger partial charge in [0.15, 0.2) is 0 Å². The molecule has 12 heavy (non-hydrogen) atoms. The number of rotatable bonds is 5. The van der Waals surface area contributed by atoms with Crippen molar-refractivity contribution in [2.24, 2.45) is 0 Å². The average molecular weight is 188 g/mol. The quantitative estimate of drug-likeness (QED) is 0.474. The van der Waals surface area contributed by atoms with E-state index in [0.717, 1.165) is 0 Å². The lowest BCUT2D eigenvalue weighted by molar-refractivity contribution is -0.303. The van der Waals surface area contributed by atoms with Crippen LogP contribution in [0, 0.1) is 0 Å². The van der Waals surface area contributed by atoms with Crippen LogP contribution in [0.15, 0.2) is 11.6 Å². The molecule has 0 saturated heterocycles. The van der Waals surface area contributed by atoms with Crippen molar-refractivity contribution in [3.8, 4) is 0 Å². The van der Waals surface area contributed by atoms with E-state index in [1.54, 1.807) is 6.26 Å². The van der Waals surface area contributed by atoms with Crippen LogP contribution in [-0.2, 0) is 9.59 Å². The van der Waals surface area contributed by atoms with E-state index >= 15 is 0 Å². The van der Waals surface area contributed by atoms with E-state index in [9.17, 15) is 19.8 Å². The van der Waals surface area contributed by atoms with Gasteiger partial charge in [0.1, 0.15) is 0 Å². The Morgan fingerprint density at radius 1 is 1.42 bits per heavy atom. The molecular formula is C7H8O4S-2. The highest BCUT2D eigenvalue weighted by Crippen LogP contribution is 2.05. The van der Waals surface area contributed by atoms with Crippen LogP contribution >= 0.6 is 11.8 Å². The van der Waals surface area contributed by atoms with E-state index in [1.165, 1.54) is 11.8 Å². The van der Waals surface area contributed by atoms with E-state index in [0.29, 0.717) is 11.8 Å². The lowest BCUT2D eigenvalue weighted by Crippen LogP contribution is -2.28. The summed E-state index contributed by atoms with van der Waals surface area (Å²) in [6.07, 6.45) is 2.54. The van der Waals surface area contributed by atoms with Crippen molar-refractivity contribution in [1.29, 1.82) is 0 Å². The van der Waals surface area contributed by atoms with Gasteiger partial charge in [0.2, 0.25) is 0 Å². The molecular weight excluding hydrogens is 180 g/mol. The molecule has 0 aliphatic rings. The second-order valence-corrected chi connectivity index (χ2v) is 3.00. The summed E-state index contributed by atoms with van der Waals surface area (Å²) in [6, 6.07) is 0. The molecule has 68 valence electrons. The smallest absolute Gasteiger partial charge is 0.0675 e. The minimum atomic E-state index is -1.50. The van der Waals surface area contributed by atoms with Crippen LogP contribution in [0.25, 0.3) is 0 Å². The molecule has 0 aliphatic heterocycles. The van der Waals surface area contributed by atoms with Crippen molar-refractivity contribution < 1.29 is 19.8 Å². The van der Waals surface area contributed by atoms with Gasteiger partial charge >= 0.3 is 0 Å². The van der Waals surface area contributed by atoms with Crippen molar-refractivity contribution >= 4 is 23.7 Å². The lowest BCUT2D eigenvalue weighted by Gasteiger charge is -2.07. The molecule has 0 N–H and O–H groups in total. The minimum Gasteiger partial charge on any atom is -0.545 e. The average Bonchev–Trinajstić information content (AvgIpc) is 1.96. The molecule has 0 aromatic heterocycles. The monoisotopic (exact) mass is 188 g/mol. The maximum Gasteiger partial charge on any atom is 0.0675 e. The van der Waals surface area contributed by atoms with E-state index in [-0.39, 0.29) is 12.0 Å². The molecule has 0 aromatic carbocycles. The zero-order chi connectivity index (χ0) is 9.56. The number of hydrogen-bond acceptors (Lipinski definition) is 5. The summed E-state index contributed by atoms with van der Waals surface area (Å²) in [5.41, 5.74) is -0.232. The van der Waals surface area contributed by atoms with E-state index in [2.05, 4.69) is 0 Å². The molecule has 0 heterocycles. The molecule has 0 amide bonds. The van der Waals surface area contributed by atoms with Gasteiger partial charge in [-0.05, 0) is 30.1 Å². The fourth-order valence-electron chi connectivity index (χ4n) is 0.587. The highest BCUT2D eigenvalue weighted by molar-refractivity contribution is 7.98. The van der Waals surface area contributed by atoms with Gasteiger partial charge < -0.3 is 19.8 Å². The molecule has 5 heteroatoms. The normalized spacial score (nSPS) is 11.2. The van der Waals surface area contributed by atoms with Crippen molar-refractivity contribution in [2.75, 3.05) is 12.0 Å². The van der Waals surface area contributed by atoms with E-state index in [4.69, 9.17) is 0 Å². The predicted molar refractivity (Wildman–Crippen MR) is 41.1 cm³/mol. The predicted octanol–water partition coefficient (Wildman–Crippen LogP) is -1.83. The molecule has 0 aliphatic carbocycles. The van der Waals surface area contributed by atoms with Crippen molar-refractivity contribution in [2.45, 2.75) is 6.42 Å². The summed E-state index contributed by atoms with van der Waals surface area (Å²) in [6.45, 7) is 0. The summed E-state index contributed by atoms with van der Waals surface area (Å²) in [7, 11) is 0. The number of hydrogen-bond donors (Lipinski definition) is 0. The van der Waals surface area contributed by atoms with E-state index in [1.807, 2.05) is 0 Å². The summed E-state index contributed by atoms with van der Waals surface area (Å²) in [5, 5.41) is 20.3. The molecule has 4 nitrogen and oxygen atoms in total. The second-order valence-electron chi connectivity index (χ2n) is 2.02. The van der Waals surface area contributed by atoms with Crippen LogP contribution in [0.5, 0.6) is 0 Å². The third kappa shape index (κ3) is 4.79. The van der Waals surface area contributed by atoms with Crippen LogP contribution in [0.1, 0.15) is 6.42 Å². The summed E-state index contributed by atoms with van der Waals surface area (Å²) in [5.74, 6) is -2.41. The lowest BCUT2D eigenvalue weighted by atomic mass is 10.2. The first-order chi connectivity index (χ1) is 5.57. The molecule has 0 aromatic rings. The van der Waals surface area contributed by atoms with Gasteiger partial charge in [0.05, 0.1) is 11.9 Å². The van der Waals surface area contributed by atoms with Crippen molar-refractivity contribution in [1.82, 2.24) is 0 Å². The SMILES string of the molecule is CSCC/C(=C/C(=O)[O-])C(=O)[O-]. The Kier molecular flexibility index (Phi) is 5.19. The number of thioether (sulfide) groups is 1. The number of carbonyl (C=O) groups is 2. The third-order valence-corrected chi connectivity index (χ3v) is 1.74. The summed E-state index contributed by atoms with van der Waals surface area (Å²) >= 11 is 1.43. The van der Waals surface area contributed by atoms with Gasteiger partial charge in [0.25, 0.3) is 0 Å². The molecule has 0 bridgehead atoms. The van der Waals surface area contributed by atoms with Crippen LogP contribution in [0.3, 0.4) is 0 Å². The molecule has 0 unspecified atom stereocenters. The Hall–Kier alpha value is -0.970. The summed E-state index contributed by atoms with van der Waals surface area (Å²) in [4.78, 5) is 20.3. The number of carboxylic acid groups (broad SMARTS) is 2. The fraction of sp³-hybridized carbons (Fsp3) is 0.429. The zero-order valence-corrected chi connectivity index (χ0v) is 7.35. The Bertz CT molecular complexity index is 209. The van der Waals surface area contributed by atoms with Crippen molar-refractivity contribution in [3.63, 3.8) is 0 Å². The topological polar surface area (TPSA) is 80.3 Å². The van der Waals surface area contributed by atoms with Crippen molar-refractivity contribution in [3.05, 3.63) is 11.6 Å². The van der Waals surface area contributed by atoms with Crippen LogP contribution in [0.4, 0.5) is 0 Å². The largest absolute Gasteiger partial charge is 0.545 e. The Labute approximate surface area is 74.3 Å². The molecule has 0 fully saturated rings. The van der Waals surface area contributed by atoms with Gasteiger partial charge in [0, 0.05) is 0 Å². The van der Waals surface area contributed by atoms with Crippen LogP contribution in [0.2, 0.25) is 0 Å². The first kappa shape index (κ1) is 11.0. The first-order valence-electron chi connectivity index (χ1n) is 3.19. The third-order valence-electron chi connectivity index (χ3n) is 1.13. The van der Waals surface area contributed by atoms with Crippen LogP contribution in [-0.4, -0.2) is 23.9 Å². The Balaban J connectivity index is 4.23. The van der Waals surface area contributed by atoms with Crippen LogP contribution < -0.4 is 10.2 Å². The van der Waals surface area contributed by atoms with E-state index < -0.39 is 11.9 Å². The molecule has 0 radical (unpaired) electrons. The maximum atomic E-state index is 10.3. The first-order valence-corrected chi connectivity index (χ1v) is 4.59. The molecule has 0 saturated carbocycles. The number of carboxylic acids is 2. The Morgan fingerprint density at radius 3 is 2.33 bits per heavy atom. The Morgan fingerprint density at radius 2 is 2.00 bits per heavy atom. The van der Waals surface area contributed by atoms with Gasteiger partial charge in [-0.1, -0.05) is 0 Å². The maximum absolute atomic E-state index is 10.3. The number of aliphatic carboxylic acids is 2. The number of carbonyl (C=O) groups excluding carboxylic acids is 2. The highest BCUT2D eigenvalue weighted by Gasteiger charge is 1.97. The standard InChI is InChI=1S/C7H10O4S/c1-12-3-2-5(7(10)11)4-6(8)9/h4H,2-3H2,1H3,(H,8,9)(H,10,11)/p-2/b5-4-. The van der Waals surface area contributed by atoms with Gasteiger partial charge in [-0.2, -0.15) is 11.8 Å². The van der Waals surface area contributed by atoms with Gasteiger partial charge in [-0.3, -0.25) is 0 Å². The highest BCUT2D eigenvalue weighted by atomic mass is 32.2. The second kappa shape index (κ2) is 5.65. The van der Waals surface area contributed by atoms with Gasteiger partial charge in [-0.15, -0.1) is 0 Å². The molecule has 0 spiro atoms. The van der Waals surface area contributed by atoms with Gasteiger partial charge in [-0.25, -0.2) is 0 Å². The fourth-order valence-corrected chi connectivity index (χ4v) is 1.01. The molecule has 0 atom stereocenters. The molecule has 0 rings (SSSR count).